The summed E-state index contributed by atoms with van der Waals surface area (Å²) >= 11 is 3.40. The molecule has 0 atom stereocenters. The molecular weight excluding hydrogens is 256 g/mol. The third kappa shape index (κ3) is 3.55. The molecule has 0 radical (unpaired) electrons. The van der Waals surface area contributed by atoms with Gasteiger partial charge in [-0.05, 0) is 24.6 Å². The van der Waals surface area contributed by atoms with E-state index in [1.807, 2.05) is 25.1 Å². The van der Waals surface area contributed by atoms with Crippen molar-refractivity contribution < 1.29 is 4.79 Å². The summed E-state index contributed by atoms with van der Waals surface area (Å²) in [5.41, 5.74) is 2.12. The molecule has 4 heteroatoms. The average Bonchev–Trinajstić information content (AvgIpc) is 2.18. The van der Waals surface area contributed by atoms with Gasteiger partial charge in [0.25, 0.3) is 0 Å². The van der Waals surface area contributed by atoms with Crippen molar-refractivity contribution in [2.75, 3.05) is 26.0 Å². The van der Waals surface area contributed by atoms with Crippen LogP contribution < -0.4 is 5.32 Å². The van der Waals surface area contributed by atoms with Gasteiger partial charge in [0.1, 0.15) is 0 Å². The van der Waals surface area contributed by atoms with Gasteiger partial charge in [-0.3, -0.25) is 4.79 Å². The van der Waals surface area contributed by atoms with Crippen molar-refractivity contribution in [3.05, 3.63) is 28.2 Å². The van der Waals surface area contributed by atoms with Crippen molar-refractivity contribution in [1.29, 1.82) is 0 Å². The van der Waals surface area contributed by atoms with Crippen LogP contribution in [0, 0.1) is 6.92 Å². The topological polar surface area (TPSA) is 32.3 Å². The monoisotopic (exact) mass is 270 g/mol. The molecule has 0 spiro atoms. The Hall–Kier alpha value is -1.03. The first-order valence-corrected chi connectivity index (χ1v) is 5.50. The maximum absolute atomic E-state index is 11.4. The van der Waals surface area contributed by atoms with Crippen molar-refractivity contribution >= 4 is 27.5 Å². The molecule has 0 bridgehead atoms. The Labute approximate surface area is 98.6 Å². The second-order valence-corrected chi connectivity index (χ2v) is 4.52. The summed E-state index contributed by atoms with van der Waals surface area (Å²) in [6.07, 6.45) is 0. The van der Waals surface area contributed by atoms with Gasteiger partial charge in [0.2, 0.25) is 5.91 Å². The molecule has 0 heterocycles. The van der Waals surface area contributed by atoms with Crippen molar-refractivity contribution in [2.45, 2.75) is 6.92 Å². The first kappa shape index (κ1) is 12.0. The Balaban J connectivity index is 2.65. The predicted octanol–water partition coefficient (Wildman–Crippen LogP) is 2.26. The van der Waals surface area contributed by atoms with Crippen LogP contribution in [0.3, 0.4) is 0 Å². The Kier molecular flexibility index (Phi) is 4.15. The Morgan fingerprint density at radius 1 is 1.47 bits per heavy atom. The summed E-state index contributed by atoms with van der Waals surface area (Å²) in [4.78, 5) is 12.9. The van der Waals surface area contributed by atoms with Crippen LogP contribution in [0.4, 0.5) is 5.69 Å². The number of hydrogen-bond acceptors (Lipinski definition) is 2. The average molecular weight is 271 g/mol. The molecular formula is C11H15BrN2O. The Morgan fingerprint density at radius 2 is 2.13 bits per heavy atom. The van der Waals surface area contributed by atoms with Gasteiger partial charge in [-0.25, -0.2) is 0 Å². The number of anilines is 1. The van der Waals surface area contributed by atoms with Crippen LogP contribution in [-0.2, 0) is 4.79 Å². The summed E-state index contributed by atoms with van der Waals surface area (Å²) in [6, 6.07) is 5.96. The van der Waals surface area contributed by atoms with Gasteiger partial charge in [0.05, 0.1) is 6.54 Å². The van der Waals surface area contributed by atoms with Crippen LogP contribution in [0.15, 0.2) is 22.7 Å². The number of nitrogens with one attached hydrogen (secondary N) is 1. The van der Waals surface area contributed by atoms with E-state index < -0.39 is 0 Å². The van der Waals surface area contributed by atoms with E-state index in [4.69, 9.17) is 0 Å². The zero-order valence-corrected chi connectivity index (χ0v) is 10.8. The maximum atomic E-state index is 11.4. The van der Waals surface area contributed by atoms with Gasteiger partial charge in [-0.1, -0.05) is 22.0 Å². The van der Waals surface area contributed by atoms with Crippen LogP contribution >= 0.6 is 15.9 Å². The lowest BCUT2D eigenvalue weighted by atomic mass is 10.2. The molecule has 0 aliphatic rings. The van der Waals surface area contributed by atoms with E-state index in [1.54, 1.807) is 19.0 Å². The second kappa shape index (κ2) is 5.16. The minimum atomic E-state index is 0.0642. The van der Waals surface area contributed by atoms with Crippen LogP contribution in [-0.4, -0.2) is 31.4 Å². The van der Waals surface area contributed by atoms with Gasteiger partial charge in [-0.2, -0.15) is 0 Å². The summed E-state index contributed by atoms with van der Waals surface area (Å²) in [7, 11) is 3.50. The fourth-order valence-corrected chi connectivity index (χ4v) is 1.47. The minimum absolute atomic E-state index is 0.0642. The Morgan fingerprint density at radius 3 is 2.73 bits per heavy atom. The van der Waals surface area contributed by atoms with Crippen LogP contribution in [0.1, 0.15) is 5.56 Å². The van der Waals surface area contributed by atoms with Crippen molar-refractivity contribution in [2.24, 2.45) is 0 Å². The lowest BCUT2D eigenvalue weighted by molar-refractivity contribution is -0.126. The molecule has 1 N–H and O–H groups in total. The van der Waals surface area contributed by atoms with Gasteiger partial charge < -0.3 is 10.2 Å². The molecule has 1 aromatic carbocycles. The number of carbonyl (C=O) groups is 1. The molecule has 82 valence electrons. The molecule has 15 heavy (non-hydrogen) atoms. The molecule has 1 amide bonds. The van der Waals surface area contributed by atoms with Gasteiger partial charge >= 0.3 is 0 Å². The standard InChI is InChI=1S/C11H15BrN2O/c1-8-4-5-9(12)6-10(8)13-7-11(15)14(2)3/h4-6,13H,7H2,1-3H3. The zero-order chi connectivity index (χ0) is 11.4. The summed E-state index contributed by atoms with van der Waals surface area (Å²) in [5.74, 6) is 0.0642. The predicted molar refractivity (Wildman–Crippen MR) is 66.1 cm³/mol. The van der Waals surface area contributed by atoms with Gasteiger partial charge in [0, 0.05) is 24.3 Å². The molecule has 0 saturated carbocycles. The molecule has 1 aromatic rings. The summed E-state index contributed by atoms with van der Waals surface area (Å²) < 4.78 is 1.01. The van der Waals surface area contributed by atoms with E-state index in [2.05, 4.69) is 21.2 Å². The van der Waals surface area contributed by atoms with Crippen LogP contribution in [0.5, 0.6) is 0 Å². The van der Waals surface area contributed by atoms with Crippen LogP contribution in [0.25, 0.3) is 0 Å². The lowest BCUT2D eigenvalue weighted by Crippen LogP contribution is -2.28. The normalized spacial score (nSPS) is 9.87. The first-order valence-electron chi connectivity index (χ1n) is 4.71. The number of aryl methyl sites for hydroxylation is 1. The fraction of sp³-hybridized carbons (Fsp3) is 0.364. The lowest BCUT2D eigenvalue weighted by Gasteiger charge is -2.13. The fourth-order valence-electron chi connectivity index (χ4n) is 1.11. The van der Waals surface area contributed by atoms with E-state index in [-0.39, 0.29) is 5.91 Å². The highest BCUT2D eigenvalue weighted by Crippen LogP contribution is 2.20. The highest BCUT2D eigenvalue weighted by Gasteiger charge is 2.04. The molecule has 3 nitrogen and oxygen atoms in total. The minimum Gasteiger partial charge on any atom is -0.376 e. The summed E-state index contributed by atoms with van der Waals surface area (Å²) in [5, 5.41) is 3.11. The number of benzene rings is 1. The third-order valence-electron chi connectivity index (χ3n) is 2.13. The number of nitrogens with zero attached hydrogens (tertiary/aromatic N) is 1. The van der Waals surface area contributed by atoms with E-state index >= 15 is 0 Å². The molecule has 0 aliphatic carbocycles. The number of halogens is 1. The highest BCUT2D eigenvalue weighted by atomic mass is 79.9. The second-order valence-electron chi connectivity index (χ2n) is 3.60. The van der Waals surface area contributed by atoms with E-state index in [9.17, 15) is 4.79 Å². The van der Waals surface area contributed by atoms with E-state index in [0.29, 0.717) is 6.54 Å². The molecule has 0 aromatic heterocycles. The van der Waals surface area contributed by atoms with E-state index in [1.165, 1.54) is 0 Å². The van der Waals surface area contributed by atoms with Crippen molar-refractivity contribution in [3.8, 4) is 0 Å². The molecule has 0 saturated heterocycles. The molecule has 0 fully saturated rings. The largest absolute Gasteiger partial charge is 0.376 e. The van der Waals surface area contributed by atoms with Crippen LogP contribution in [0.2, 0.25) is 0 Å². The maximum Gasteiger partial charge on any atom is 0.241 e. The number of amides is 1. The van der Waals surface area contributed by atoms with Crippen molar-refractivity contribution in [1.82, 2.24) is 4.90 Å². The quantitative estimate of drug-likeness (QED) is 0.914. The number of likely N-dealkylation sites (N-methyl/N-ethyl adjacent to an activating group) is 1. The number of rotatable bonds is 3. The van der Waals surface area contributed by atoms with Gasteiger partial charge in [-0.15, -0.1) is 0 Å². The molecule has 1 rings (SSSR count). The molecule has 0 aliphatic heterocycles. The van der Waals surface area contributed by atoms with Gasteiger partial charge in [0.15, 0.2) is 0 Å². The van der Waals surface area contributed by atoms with Crippen molar-refractivity contribution in [3.63, 3.8) is 0 Å². The third-order valence-corrected chi connectivity index (χ3v) is 2.62. The zero-order valence-electron chi connectivity index (χ0n) is 9.17. The Bertz CT molecular complexity index is 364. The summed E-state index contributed by atoms with van der Waals surface area (Å²) in [6.45, 7) is 2.33. The van der Waals surface area contributed by atoms with E-state index in [0.717, 1.165) is 15.7 Å². The number of hydrogen-bond donors (Lipinski definition) is 1. The highest BCUT2D eigenvalue weighted by molar-refractivity contribution is 9.10. The smallest absolute Gasteiger partial charge is 0.241 e. The first-order chi connectivity index (χ1) is 7.00. The number of carbonyl (C=O) groups excluding carboxylic acids is 1. The SMILES string of the molecule is Cc1ccc(Br)cc1NCC(=O)N(C)C. The molecule has 0 unspecified atom stereocenters.